The van der Waals surface area contributed by atoms with Crippen LogP contribution >= 0.6 is 11.6 Å². The van der Waals surface area contributed by atoms with Crippen LogP contribution in [-0.4, -0.2) is 19.1 Å². The van der Waals surface area contributed by atoms with E-state index in [-0.39, 0.29) is 15.8 Å². The van der Waals surface area contributed by atoms with Crippen LogP contribution in [0.3, 0.4) is 0 Å². The Labute approximate surface area is 130 Å². The van der Waals surface area contributed by atoms with E-state index in [1.807, 2.05) is 6.92 Å². The molecule has 1 N–H and O–H groups in total. The van der Waals surface area contributed by atoms with Crippen LogP contribution in [0.2, 0.25) is 5.02 Å². The molecule has 0 saturated carbocycles. The van der Waals surface area contributed by atoms with E-state index in [4.69, 9.17) is 11.6 Å². The highest BCUT2D eigenvalue weighted by Gasteiger charge is 2.32. The van der Waals surface area contributed by atoms with Gasteiger partial charge in [0.2, 0.25) is 9.84 Å². The Kier molecular flexibility index (Phi) is 4.34. The quantitative estimate of drug-likeness (QED) is 0.920. The maximum atomic E-state index is 12.7. The van der Waals surface area contributed by atoms with Crippen LogP contribution in [0, 0.1) is 5.92 Å². The zero-order valence-corrected chi connectivity index (χ0v) is 13.9. The lowest BCUT2D eigenvalue weighted by atomic mass is 9.86. The van der Waals surface area contributed by atoms with Crippen LogP contribution in [0.5, 0.6) is 0 Å². The Balaban J connectivity index is 2.49. The summed E-state index contributed by atoms with van der Waals surface area (Å²) in [6.07, 6.45) is 3.79. The fourth-order valence-corrected chi connectivity index (χ4v) is 4.58. The minimum atomic E-state index is -3.61. The van der Waals surface area contributed by atoms with Crippen LogP contribution in [0.4, 0.5) is 0 Å². The summed E-state index contributed by atoms with van der Waals surface area (Å²) >= 11 is 6.02. The van der Waals surface area contributed by atoms with E-state index in [9.17, 15) is 13.5 Å². The van der Waals surface area contributed by atoms with E-state index >= 15 is 0 Å². The van der Waals surface area contributed by atoms with Crippen LogP contribution in [0.15, 0.2) is 51.8 Å². The first-order valence-corrected chi connectivity index (χ1v) is 8.63. The molecule has 1 atom stereocenters. The lowest BCUT2D eigenvalue weighted by molar-refractivity contribution is 0.114. The Morgan fingerprint density at radius 3 is 2.38 bits per heavy atom. The number of aliphatic hydroxyl groups is 1. The number of sulfone groups is 1. The molecule has 0 fully saturated rings. The normalized spacial score (nSPS) is 20.0. The molecule has 5 heteroatoms. The van der Waals surface area contributed by atoms with Crippen LogP contribution in [0.1, 0.15) is 27.2 Å². The summed E-state index contributed by atoms with van der Waals surface area (Å²) in [5, 5.41) is 10.3. The van der Waals surface area contributed by atoms with Crippen LogP contribution in [0.25, 0.3) is 0 Å². The molecule has 0 aliphatic heterocycles. The van der Waals surface area contributed by atoms with Gasteiger partial charge in [0.25, 0.3) is 0 Å². The van der Waals surface area contributed by atoms with Gasteiger partial charge in [-0.05, 0) is 50.0 Å². The summed E-state index contributed by atoms with van der Waals surface area (Å²) in [7, 11) is -3.61. The maximum Gasteiger partial charge on any atom is 0.204 e. The van der Waals surface area contributed by atoms with Crippen molar-refractivity contribution in [2.45, 2.75) is 37.7 Å². The zero-order chi connectivity index (χ0) is 15.8. The average molecular weight is 327 g/mol. The van der Waals surface area contributed by atoms with Crippen molar-refractivity contribution in [2.24, 2.45) is 5.92 Å². The predicted octanol–water partition coefficient (Wildman–Crippen LogP) is 3.73. The standard InChI is InChI=1S/C16H19ClO3S/c1-11-10-12(16(2,3)18)8-9-14(11)21(19,20)15-7-5-4-6-13(15)17/h4-9,11,18H,10H2,1-3H3. The number of hydrogen-bond acceptors (Lipinski definition) is 3. The molecule has 0 amide bonds. The molecule has 3 nitrogen and oxygen atoms in total. The summed E-state index contributed by atoms with van der Waals surface area (Å²) in [5.41, 5.74) is -0.113. The molecular formula is C16H19ClO3S. The van der Waals surface area contributed by atoms with Gasteiger partial charge < -0.3 is 5.11 Å². The summed E-state index contributed by atoms with van der Waals surface area (Å²) in [4.78, 5) is 0.466. The summed E-state index contributed by atoms with van der Waals surface area (Å²) in [6.45, 7) is 5.25. The SMILES string of the molecule is CC1CC(C(C)(C)O)=CC=C1S(=O)(=O)c1ccccc1Cl. The lowest BCUT2D eigenvalue weighted by Gasteiger charge is -2.28. The van der Waals surface area contributed by atoms with Crippen molar-refractivity contribution in [3.63, 3.8) is 0 Å². The fraction of sp³-hybridized carbons (Fsp3) is 0.375. The Bertz CT molecular complexity index is 709. The van der Waals surface area contributed by atoms with Gasteiger partial charge in [-0.1, -0.05) is 36.7 Å². The molecule has 0 saturated heterocycles. The van der Waals surface area contributed by atoms with Gasteiger partial charge in [-0.15, -0.1) is 0 Å². The number of halogens is 1. The largest absolute Gasteiger partial charge is 0.386 e. The Morgan fingerprint density at radius 1 is 1.24 bits per heavy atom. The zero-order valence-electron chi connectivity index (χ0n) is 12.3. The molecule has 0 bridgehead atoms. The van der Waals surface area contributed by atoms with E-state index in [2.05, 4.69) is 0 Å². The molecule has 1 aliphatic rings. The van der Waals surface area contributed by atoms with Gasteiger partial charge >= 0.3 is 0 Å². The van der Waals surface area contributed by atoms with E-state index in [0.717, 1.165) is 5.57 Å². The van der Waals surface area contributed by atoms with Gasteiger partial charge in [0.1, 0.15) is 0 Å². The molecule has 114 valence electrons. The molecule has 0 heterocycles. The van der Waals surface area contributed by atoms with Gasteiger partial charge in [-0.25, -0.2) is 8.42 Å². The van der Waals surface area contributed by atoms with Crippen LogP contribution in [-0.2, 0) is 9.84 Å². The second-order valence-corrected chi connectivity index (χ2v) is 8.18. The third-order valence-corrected chi connectivity index (χ3v) is 6.22. The molecule has 1 aromatic rings. The summed E-state index contributed by atoms with van der Waals surface area (Å²) < 4.78 is 25.5. The second-order valence-electron chi connectivity index (χ2n) is 5.86. The number of allylic oxidation sites excluding steroid dienone is 3. The first-order valence-electron chi connectivity index (χ1n) is 6.77. The third kappa shape index (κ3) is 3.23. The molecule has 2 rings (SSSR count). The van der Waals surface area contributed by atoms with Gasteiger partial charge in [-0.2, -0.15) is 0 Å². The highest BCUT2D eigenvalue weighted by atomic mass is 35.5. The van der Waals surface area contributed by atoms with Crippen molar-refractivity contribution < 1.29 is 13.5 Å². The third-order valence-electron chi connectivity index (χ3n) is 3.68. The van der Waals surface area contributed by atoms with E-state index in [1.54, 1.807) is 44.2 Å². The fourth-order valence-electron chi connectivity index (χ4n) is 2.44. The highest BCUT2D eigenvalue weighted by Crippen LogP contribution is 2.37. The van der Waals surface area contributed by atoms with Gasteiger partial charge in [0.05, 0.1) is 20.4 Å². The number of rotatable bonds is 3. The molecule has 0 aromatic heterocycles. The van der Waals surface area contributed by atoms with Gasteiger partial charge in [0.15, 0.2) is 0 Å². The molecule has 1 aliphatic carbocycles. The summed E-state index contributed by atoms with van der Waals surface area (Å²) in [6, 6.07) is 6.44. The number of hydrogen-bond donors (Lipinski definition) is 1. The highest BCUT2D eigenvalue weighted by molar-refractivity contribution is 7.95. The Morgan fingerprint density at radius 2 is 1.86 bits per heavy atom. The number of benzene rings is 1. The smallest absolute Gasteiger partial charge is 0.204 e. The molecule has 0 radical (unpaired) electrons. The topological polar surface area (TPSA) is 54.4 Å². The maximum absolute atomic E-state index is 12.7. The van der Waals surface area contributed by atoms with Crippen molar-refractivity contribution in [3.05, 3.63) is 51.9 Å². The van der Waals surface area contributed by atoms with Crippen molar-refractivity contribution in [2.75, 3.05) is 0 Å². The van der Waals surface area contributed by atoms with E-state index in [0.29, 0.717) is 11.3 Å². The molecular weight excluding hydrogens is 308 g/mol. The monoisotopic (exact) mass is 326 g/mol. The predicted molar refractivity (Wildman–Crippen MR) is 84.9 cm³/mol. The minimum Gasteiger partial charge on any atom is -0.386 e. The van der Waals surface area contributed by atoms with Gasteiger partial charge in [-0.3, -0.25) is 0 Å². The lowest BCUT2D eigenvalue weighted by Crippen LogP contribution is -2.26. The molecule has 21 heavy (non-hydrogen) atoms. The minimum absolute atomic E-state index is 0.130. The molecule has 1 unspecified atom stereocenters. The van der Waals surface area contributed by atoms with Crippen molar-refractivity contribution in [1.82, 2.24) is 0 Å². The molecule has 0 spiro atoms. The summed E-state index contributed by atoms with van der Waals surface area (Å²) in [5.74, 6) is -0.197. The first-order chi connectivity index (χ1) is 9.64. The van der Waals surface area contributed by atoms with Crippen LogP contribution < -0.4 is 0 Å². The van der Waals surface area contributed by atoms with E-state index < -0.39 is 15.4 Å². The average Bonchev–Trinajstić information content (AvgIpc) is 2.37. The van der Waals surface area contributed by atoms with Crippen molar-refractivity contribution in [3.8, 4) is 0 Å². The van der Waals surface area contributed by atoms with Gasteiger partial charge in [0, 0.05) is 0 Å². The Hall–Kier alpha value is -1.10. The van der Waals surface area contributed by atoms with Crippen molar-refractivity contribution >= 4 is 21.4 Å². The first kappa shape index (κ1) is 16.3. The van der Waals surface area contributed by atoms with E-state index in [1.165, 1.54) is 6.07 Å². The van der Waals surface area contributed by atoms with Crippen molar-refractivity contribution in [1.29, 1.82) is 0 Å². The second kappa shape index (κ2) is 5.59. The molecule has 1 aromatic carbocycles.